The minimum atomic E-state index is -3.50. The highest BCUT2D eigenvalue weighted by Gasteiger charge is 2.21. The van der Waals surface area contributed by atoms with Crippen molar-refractivity contribution < 1.29 is 17.9 Å². The first-order valence-corrected chi connectivity index (χ1v) is 13.8. The fraction of sp³-hybridized carbons (Fsp3) is 0.321. The smallest absolute Gasteiger partial charge is 0.255 e. The van der Waals surface area contributed by atoms with Crippen LogP contribution in [-0.4, -0.2) is 26.7 Å². The Morgan fingerprint density at radius 3 is 2.11 bits per heavy atom. The normalized spacial score (nSPS) is 14.0. The van der Waals surface area contributed by atoms with E-state index in [1.165, 1.54) is 23.4 Å². The van der Waals surface area contributed by atoms with Gasteiger partial charge < -0.3 is 10.1 Å². The molecule has 3 aromatic carbocycles. The second-order valence-electron chi connectivity index (χ2n) is 9.21. The molecule has 0 spiro atoms. The van der Waals surface area contributed by atoms with E-state index in [1.807, 2.05) is 56.3 Å². The van der Waals surface area contributed by atoms with E-state index in [9.17, 15) is 13.2 Å². The van der Waals surface area contributed by atoms with Crippen LogP contribution in [0.25, 0.3) is 0 Å². The largest absolute Gasteiger partial charge is 0.490 e. The summed E-state index contributed by atoms with van der Waals surface area (Å²) >= 11 is 0. The van der Waals surface area contributed by atoms with E-state index in [-0.39, 0.29) is 12.5 Å². The van der Waals surface area contributed by atoms with E-state index in [1.54, 1.807) is 24.3 Å². The maximum Gasteiger partial charge on any atom is 0.255 e. The van der Waals surface area contributed by atoms with Crippen LogP contribution in [0.2, 0.25) is 0 Å². The number of rotatable bonds is 8. The summed E-state index contributed by atoms with van der Waals surface area (Å²) in [6, 6.07) is 20.2. The molecule has 0 atom stereocenters. The zero-order chi connectivity index (χ0) is 25.0. The fourth-order valence-corrected chi connectivity index (χ4v) is 5.51. The molecule has 184 valence electrons. The Kier molecular flexibility index (Phi) is 7.45. The fourth-order valence-electron chi connectivity index (χ4n) is 4.51. The summed E-state index contributed by atoms with van der Waals surface area (Å²) in [6.07, 6.45) is 6.14. The summed E-state index contributed by atoms with van der Waals surface area (Å²) < 4.78 is 32.6. The minimum absolute atomic E-state index is 0.189. The maximum absolute atomic E-state index is 12.7. The van der Waals surface area contributed by atoms with Crippen molar-refractivity contribution in [1.29, 1.82) is 0 Å². The van der Waals surface area contributed by atoms with E-state index in [0.29, 0.717) is 23.0 Å². The maximum atomic E-state index is 12.7. The molecule has 3 aromatic rings. The highest BCUT2D eigenvalue weighted by Crippen LogP contribution is 2.29. The van der Waals surface area contributed by atoms with Crippen LogP contribution in [0.1, 0.15) is 52.7 Å². The molecule has 0 unspecified atom stereocenters. The third kappa shape index (κ3) is 6.22. The van der Waals surface area contributed by atoms with Crippen LogP contribution in [0.4, 0.5) is 11.4 Å². The van der Waals surface area contributed by atoms with Crippen molar-refractivity contribution in [3.63, 3.8) is 0 Å². The molecule has 0 aromatic heterocycles. The van der Waals surface area contributed by atoms with Gasteiger partial charge in [-0.3, -0.25) is 9.10 Å². The number of aryl methyl sites for hydroxylation is 2. The lowest BCUT2D eigenvalue weighted by atomic mass is 10.1. The van der Waals surface area contributed by atoms with Gasteiger partial charge in [-0.1, -0.05) is 30.3 Å². The molecular weight excluding hydrogens is 460 g/mol. The number of ether oxygens (including phenoxy) is 1. The van der Waals surface area contributed by atoms with Gasteiger partial charge in [0, 0.05) is 11.3 Å². The van der Waals surface area contributed by atoms with E-state index in [0.717, 1.165) is 35.3 Å². The Morgan fingerprint density at radius 2 is 1.54 bits per heavy atom. The zero-order valence-corrected chi connectivity index (χ0v) is 21.3. The van der Waals surface area contributed by atoms with Gasteiger partial charge in [-0.25, -0.2) is 8.42 Å². The number of amides is 1. The van der Waals surface area contributed by atoms with Gasteiger partial charge in [0.25, 0.3) is 5.91 Å². The van der Waals surface area contributed by atoms with Gasteiger partial charge in [-0.05, 0) is 92.6 Å². The first-order valence-electron chi connectivity index (χ1n) is 11.9. The second-order valence-corrected chi connectivity index (χ2v) is 11.1. The number of carbonyl (C=O) groups is 1. The summed E-state index contributed by atoms with van der Waals surface area (Å²) in [4.78, 5) is 12.7. The molecule has 1 saturated carbocycles. The molecule has 0 bridgehead atoms. The highest BCUT2D eigenvalue weighted by molar-refractivity contribution is 7.92. The van der Waals surface area contributed by atoms with Crippen LogP contribution in [0.5, 0.6) is 5.75 Å². The number of nitrogens with one attached hydrogen (secondary N) is 1. The molecule has 1 amide bonds. The van der Waals surface area contributed by atoms with Crippen molar-refractivity contribution in [2.75, 3.05) is 15.9 Å². The second kappa shape index (κ2) is 10.5. The van der Waals surface area contributed by atoms with Gasteiger partial charge in [-0.2, -0.15) is 0 Å². The number of benzene rings is 3. The number of carbonyl (C=O) groups excluding carboxylic acids is 1. The molecule has 0 radical (unpaired) electrons. The number of anilines is 2. The summed E-state index contributed by atoms with van der Waals surface area (Å²) in [6.45, 7) is 4.00. The summed E-state index contributed by atoms with van der Waals surface area (Å²) in [5, 5.41) is 2.90. The third-order valence-corrected chi connectivity index (χ3v) is 7.46. The number of sulfonamides is 1. The quantitative estimate of drug-likeness (QED) is 0.428. The van der Waals surface area contributed by atoms with Gasteiger partial charge in [-0.15, -0.1) is 0 Å². The average molecular weight is 493 g/mol. The molecule has 1 N–H and O–H groups in total. The Morgan fingerprint density at radius 1 is 0.943 bits per heavy atom. The molecule has 0 aliphatic heterocycles. The highest BCUT2D eigenvalue weighted by atomic mass is 32.2. The standard InChI is InChI=1S/C28H32N2O4S/c1-20-7-6-8-21(2)27(20)30(35(3,32)33)19-22-11-13-23(14-12-22)28(31)29-24-15-17-26(18-16-24)34-25-9-4-5-10-25/h6-8,11-18,25H,4-5,9-10,19H2,1-3H3,(H,29,31). The Hall–Kier alpha value is -3.32. The van der Waals surface area contributed by atoms with Gasteiger partial charge >= 0.3 is 0 Å². The lowest BCUT2D eigenvalue weighted by Crippen LogP contribution is -2.30. The van der Waals surface area contributed by atoms with Crippen molar-refractivity contribution in [1.82, 2.24) is 0 Å². The summed E-state index contributed by atoms with van der Waals surface area (Å²) in [5.41, 5.74) is 4.46. The molecular formula is C28H32N2O4S. The van der Waals surface area contributed by atoms with Crippen LogP contribution < -0.4 is 14.4 Å². The van der Waals surface area contributed by atoms with Crippen LogP contribution in [0.15, 0.2) is 66.7 Å². The van der Waals surface area contributed by atoms with Gasteiger partial charge in [0.2, 0.25) is 10.0 Å². The van der Waals surface area contributed by atoms with Crippen LogP contribution in [0, 0.1) is 13.8 Å². The zero-order valence-electron chi connectivity index (χ0n) is 20.5. The van der Waals surface area contributed by atoms with E-state index in [2.05, 4.69) is 5.32 Å². The first kappa shape index (κ1) is 24.8. The molecule has 1 fully saturated rings. The van der Waals surface area contributed by atoms with Gasteiger partial charge in [0.1, 0.15) is 5.75 Å². The van der Waals surface area contributed by atoms with E-state index < -0.39 is 10.0 Å². The summed E-state index contributed by atoms with van der Waals surface area (Å²) in [7, 11) is -3.50. The topological polar surface area (TPSA) is 75.7 Å². The number of nitrogens with zero attached hydrogens (tertiary/aromatic N) is 1. The molecule has 4 rings (SSSR count). The van der Waals surface area contributed by atoms with Gasteiger partial charge in [0.05, 0.1) is 24.6 Å². The Bertz CT molecular complexity index is 1260. The number of para-hydroxylation sites is 1. The van der Waals surface area contributed by atoms with Crippen molar-refractivity contribution in [2.45, 2.75) is 52.2 Å². The SMILES string of the molecule is Cc1cccc(C)c1N(Cc1ccc(C(=O)Nc2ccc(OC3CCCC3)cc2)cc1)S(C)(=O)=O. The van der Waals surface area contributed by atoms with E-state index in [4.69, 9.17) is 4.74 Å². The predicted octanol–water partition coefficient (Wildman–Crippen LogP) is 5.84. The Balaban J connectivity index is 1.42. The van der Waals surface area contributed by atoms with Crippen molar-refractivity contribution in [3.05, 3.63) is 89.0 Å². The van der Waals surface area contributed by atoms with Crippen LogP contribution >= 0.6 is 0 Å². The predicted molar refractivity (Wildman–Crippen MR) is 141 cm³/mol. The monoisotopic (exact) mass is 492 g/mol. The van der Waals surface area contributed by atoms with Crippen LogP contribution in [0.3, 0.4) is 0 Å². The summed E-state index contributed by atoms with van der Waals surface area (Å²) in [5.74, 6) is 0.592. The number of hydrogen-bond acceptors (Lipinski definition) is 4. The molecule has 0 heterocycles. The third-order valence-electron chi connectivity index (χ3n) is 6.35. The van der Waals surface area contributed by atoms with Gasteiger partial charge in [0.15, 0.2) is 0 Å². The lowest BCUT2D eigenvalue weighted by molar-refractivity contribution is 0.102. The minimum Gasteiger partial charge on any atom is -0.490 e. The first-order chi connectivity index (χ1) is 16.7. The van der Waals surface area contributed by atoms with Crippen molar-refractivity contribution in [3.8, 4) is 5.75 Å². The molecule has 1 aliphatic carbocycles. The van der Waals surface area contributed by atoms with E-state index >= 15 is 0 Å². The molecule has 0 saturated heterocycles. The van der Waals surface area contributed by atoms with Crippen molar-refractivity contribution in [2.24, 2.45) is 0 Å². The van der Waals surface area contributed by atoms with Crippen LogP contribution in [-0.2, 0) is 16.6 Å². The molecule has 1 aliphatic rings. The molecule has 35 heavy (non-hydrogen) atoms. The average Bonchev–Trinajstić information content (AvgIpc) is 3.32. The lowest BCUT2D eigenvalue weighted by Gasteiger charge is -2.26. The molecule has 6 nitrogen and oxygen atoms in total. The number of hydrogen-bond donors (Lipinski definition) is 1. The molecule has 7 heteroatoms. The Labute approximate surface area is 208 Å². The van der Waals surface area contributed by atoms with Crippen molar-refractivity contribution >= 4 is 27.3 Å².